The Bertz CT molecular complexity index is 1500. The van der Waals surface area contributed by atoms with Gasteiger partial charge in [-0.1, -0.05) is 6.07 Å². The Balaban J connectivity index is 1.32. The Morgan fingerprint density at radius 2 is 2.00 bits per heavy atom. The Labute approximate surface area is 201 Å². The van der Waals surface area contributed by atoms with Crippen molar-refractivity contribution in [2.75, 3.05) is 36.1 Å². The molecule has 4 aromatic rings. The van der Waals surface area contributed by atoms with Crippen LogP contribution in [0.15, 0.2) is 42.7 Å². The minimum Gasteiger partial charge on any atom is -0.380 e. The molecule has 2 fully saturated rings. The Morgan fingerprint density at radius 1 is 1.17 bits per heavy atom. The van der Waals surface area contributed by atoms with Crippen LogP contribution in [0.5, 0.6) is 0 Å². The number of ether oxygens (including phenoxy) is 1. The SMILES string of the molecule is Cc1c2c(nn1C)C(=O)N(c1ccc3nc[nH]c3c1)C2c1ccc(N2CCC3(COC3)C2)cc1F. The smallest absolute Gasteiger partial charge is 0.280 e. The van der Waals surface area contributed by atoms with E-state index >= 15 is 4.39 Å². The second-order valence-corrected chi connectivity index (χ2v) is 10.0. The zero-order valence-corrected chi connectivity index (χ0v) is 19.6. The first-order valence-corrected chi connectivity index (χ1v) is 11.9. The van der Waals surface area contributed by atoms with E-state index in [1.165, 1.54) is 0 Å². The molecule has 35 heavy (non-hydrogen) atoms. The molecule has 1 atom stereocenters. The van der Waals surface area contributed by atoms with E-state index in [4.69, 9.17) is 4.74 Å². The summed E-state index contributed by atoms with van der Waals surface area (Å²) in [5.41, 5.74) is 5.81. The fourth-order valence-corrected chi connectivity index (χ4v) is 5.82. The summed E-state index contributed by atoms with van der Waals surface area (Å²) in [5, 5.41) is 4.48. The maximum Gasteiger partial charge on any atom is 0.280 e. The maximum atomic E-state index is 15.9. The van der Waals surface area contributed by atoms with Crippen LogP contribution in [0.3, 0.4) is 0 Å². The fraction of sp³-hybridized carbons (Fsp3) is 0.346. The molecule has 0 saturated carbocycles. The molecule has 0 aliphatic carbocycles. The Kier molecular flexibility index (Phi) is 4.21. The van der Waals surface area contributed by atoms with Gasteiger partial charge in [-0.25, -0.2) is 9.37 Å². The first-order chi connectivity index (χ1) is 16.9. The Morgan fingerprint density at radius 3 is 2.74 bits per heavy atom. The van der Waals surface area contributed by atoms with Gasteiger partial charge < -0.3 is 14.6 Å². The van der Waals surface area contributed by atoms with Crippen LogP contribution >= 0.6 is 0 Å². The van der Waals surface area contributed by atoms with Gasteiger partial charge in [0, 0.05) is 53.7 Å². The van der Waals surface area contributed by atoms with Crippen molar-refractivity contribution >= 4 is 28.3 Å². The number of aromatic nitrogens is 4. The van der Waals surface area contributed by atoms with E-state index in [0.717, 1.165) is 60.7 Å². The standard InChI is InChI=1S/C26H25FN6O2/c1-15-22-23(30-31(15)2)25(34)33(17-4-6-20-21(10-17)29-14-28-20)24(22)18-5-3-16(9-19(18)27)32-8-7-26(11-32)12-35-13-26/h3-6,9-10,14,24H,7-8,11-13H2,1-2H3,(H,28,29). The molecule has 2 saturated heterocycles. The third-order valence-electron chi connectivity index (χ3n) is 7.91. The molecule has 7 rings (SSSR count). The normalized spacial score (nSPS) is 20.8. The second kappa shape index (κ2) is 7.14. The lowest BCUT2D eigenvalue weighted by Crippen LogP contribution is -2.44. The Hall–Kier alpha value is -3.72. The van der Waals surface area contributed by atoms with Crippen molar-refractivity contribution in [3.05, 3.63) is 71.1 Å². The molecule has 3 aliphatic heterocycles. The summed E-state index contributed by atoms with van der Waals surface area (Å²) in [6, 6.07) is 10.4. The quantitative estimate of drug-likeness (QED) is 0.492. The van der Waals surface area contributed by atoms with Gasteiger partial charge in [0.1, 0.15) is 5.82 Å². The lowest BCUT2D eigenvalue weighted by atomic mass is 9.85. The van der Waals surface area contributed by atoms with Crippen LogP contribution in [0.1, 0.15) is 39.8 Å². The summed E-state index contributed by atoms with van der Waals surface area (Å²) in [5.74, 6) is -0.558. The highest BCUT2D eigenvalue weighted by molar-refractivity contribution is 6.11. The van der Waals surface area contributed by atoms with E-state index in [0.29, 0.717) is 16.9 Å². The molecule has 1 N–H and O–H groups in total. The lowest BCUT2D eigenvalue weighted by molar-refractivity contribution is -0.0985. The first-order valence-electron chi connectivity index (χ1n) is 11.9. The first kappa shape index (κ1) is 20.6. The third kappa shape index (κ3) is 2.91. The van der Waals surface area contributed by atoms with Crippen molar-refractivity contribution < 1.29 is 13.9 Å². The van der Waals surface area contributed by atoms with Crippen molar-refractivity contribution in [1.82, 2.24) is 19.7 Å². The van der Waals surface area contributed by atoms with Crippen molar-refractivity contribution in [1.29, 1.82) is 0 Å². The summed E-state index contributed by atoms with van der Waals surface area (Å²) in [7, 11) is 1.81. The molecule has 1 unspecified atom stereocenters. The maximum absolute atomic E-state index is 15.9. The number of amides is 1. The van der Waals surface area contributed by atoms with Gasteiger partial charge in [-0.15, -0.1) is 0 Å². The van der Waals surface area contributed by atoms with Crippen molar-refractivity contribution in [3.8, 4) is 0 Å². The average molecular weight is 473 g/mol. The molecule has 2 aromatic heterocycles. The molecule has 178 valence electrons. The van der Waals surface area contributed by atoms with E-state index in [2.05, 4.69) is 20.0 Å². The zero-order chi connectivity index (χ0) is 23.9. The predicted octanol–water partition coefficient (Wildman–Crippen LogP) is 3.72. The van der Waals surface area contributed by atoms with Gasteiger partial charge in [0.05, 0.1) is 36.6 Å². The van der Waals surface area contributed by atoms with Crippen LogP contribution in [0.25, 0.3) is 11.0 Å². The lowest BCUT2D eigenvalue weighted by Gasteiger charge is -2.37. The second-order valence-electron chi connectivity index (χ2n) is 10.0. The fourth-order valence-electron chi connectivity index (χ4n) is 5.82. The molecular weight excluding hydrogens is 447 g/mol. The van der Waals surface area contributed by atoms with Gasteiger partial charge in [-0.3, -0.25) is 14.4 Å². The van der Waals surface area contributed by atoms with E-state index in [9.17, 15) is 4.79 Å². The number of carbonyl (C=O) groups excluding carboxylic acids is 1. The van der Waals surface area contributed by atoms with E-state index in [1.807, 2.05) is 44.3 Å². The summed E-state index contributed by atoms with van der Waals surface area (Å²) in [6.45, 7) is 5.27. The highest BCUT2D eigenvalue weighted by atomic mass is 19.1. The van der Waals surface area contributed by atoms with Crippen LogP contribution in [0.2, 0.25) is 0 Å². The summed E-state index contributed by atoms with van der Waals surface area (Å²) in [6.07, 6.45) is 2.68. The number of hydrogen-bond donors (Lipinski definition) is 1. The molecule has 1 amide bonds. The summed E-state index contributed by atoms with van der Waals surface area (Å²) < 4.78 is 23.0. The van der Waals surface area contributed by atoms with Crippen molar-refractivity contribution in [2.24, 2.45) is 12.5 Å². The number of rotatable bonds is 3. The minimum atomic E-state index is -0.606. The number of H-pyrrole nitrogens is 1. The number of fused-ring (bicyclic) bond motifs is 2. The van der Waals surface area contributed by atoms with E-state index in [1.54, 1.807) is 22.0 Å². The molecule has 8 nitrogen and oxygen atoms in total. The number of hydrogen-bond acceptors (Lipinski definition) is 5. The predicted molar refractivity (Wildman–Crippen MR) is 129 cm³/mol. The number of nitrogens with one attached hydrogen (secondary N) is 1. The monoisotopic (exact) mass is 472 g/mol. The average Bonchev–Trinajstić information content (AvgIpc) is 3.59. The van der Waals surface area contributed by atoms with Crippen LogP contribution in [0.4, 0.5) is 15.8 Å². The highest BCUT2D eigenvalue weighted by Gasteiger charge is 2.46. The zero-order valence-electron chi connectivity index (χ0n) is 19.6. The number of imidazole rings is 1. The van der Waals surface area contributed by atoms with Crippen LogP contribution in [-0.2, 0) is 11.8 Å². The molecule has 3 aliphatic rings. The molecule has 1 spiro atoms. The van der Waals surface area contributed by atoms with Gasteiger partial charge in [0.15, 0.2) is 5.69 Å². The summed E-state index contributed by atoms with van der Waals surface area (Å²) >= 11 is 0. The molecule has 9 heteroatoms. The number of halogens is 1. The largest absolute Gasteiger partial charge is 0.380 e. The topological polar surface area (TPSA) is 79.3 Å². The van der Waals surface area contributed by atoms with Gasteiger partial charge in [-0.2, -0.15) is 5.10 Å². The highest BCUT2D eigenvalue weighted by Crippen LogP contribution is 2.45. The van der Waals surface area contributed by atoms with Crippen LogP contribution in [0, 0.1) is 18.2 Å². The number of nitrogens with zero attached hydrogens (tertiary/aromatic N) is 5. The molecule has 0 bridgehead atoms. The van der Waals surface area contributed by atoms with Gasteiger partial charge in [0.2, 0.25) is 0 Å². The molecule has 5 heterocycles. The van der Waals surface area contributed by atoms with Crippen LogP contribution < -0.4 is 9.80 Å². The van der Waals surface area contributed by atoms with E-state index in [-0.39, 0.29) is 17.1 Å². The molecular formula is C26H25FN6O2. The van der Waals surface area contributed by atoms with Gasteiger partial charge >= 0.3 is 0 Å². The number of anilines is 2. The molecule has 2 aromatic carbocycles. The third-order valence-corrected chi connectivity index (χ3v) is 7.91. The number of carbonyl (C=O) groups is 1. The van der Waals surface area contributed by atoms with E-state index < -0.39 is 6.04 Å². The van der Waals surface area contributed by atoms with Gasteiger partial charge in [0.25, 0.3) is 5.91 Å². The minimum absolute atomic E-state index is 0.219. The van der Waals surface area contributed by atoms with Crippen molar-refractivity contribution in [2.45, 2.75) is 19.4 Å². The summed E-state index contributed by atoms with van der Waals surface area (Å²) in [4.78, 5) is 24.9. The van der Waals surface area contributed by atoms with Gasteiger partial charge in [-0.05, 0) is 43.7 Å². The van der Waals surface area contributed by atoms with Crippen LogP contribution in [-0.4, -0.2) is 52.0 Å². The number of benzene rings is 2. The van der Waals surface area contributed by atoms with Crippen molar-refractivity contribution in [3.63, 3.8) is 0 Å². The molecule has 0 radical (unpaired) electrons. The number of aromatic amines is 1. The number of aryl methyl sites for hydroxylation is 1.